The number of benzene rings is 1. The maximum absolute atomic E-state index is 12.2. The van der Waals surface area contributed by atoms with Crippen molar-refractivity contribution in [2.24, 2.45) is 11.1 Å². The lowest BCUT2D eigenvalue weighted by molar-refractivity contribution is -0.125. The van der Waals surface area contributed by atoms with Gasteiger partial charge in [-0.15, -0.1) is 0 Å². The van der Waals surface area contributed by atoms with Gasteiger partial charge in [0.15, 0.2) is 0 Å². The standard InChI is InChI=1S/C26H30ClN7O2/c1-3-5-21(35)32-9-8-26(16-32)11-20(12-26)34-25(29-2)22(24(28)36)23(31-34)18-13-30-33(15-18)14-17-6-4-7-19(27)10-17/h4,6-7,10,13,15,20,24,29,36H,8-9,11-12,14,16,28H2,1-2H3/t20-,24?,26-. The number of carbonyl (C=O) groups is 1. The van der Waals surface area contributed by atoms with E-state index in [9.17, 15) is 9.90 Å². The SMILES string of the molecule is CC#CC(=O)N1CC[C@]2(C1)C[C@H](n1nc(-c3cnn(Cc4cccc(Cl)c4)c3)c(C(N)O)c1NC)C2. The van der Waals surface area contributed by atoms with Crippen molar-refractivity contribution in [2.45, 2.75) is 45.0 Å². The Morgan fingerprint density at radius 2 is 2.22 bits per heavy atom. The van der Waals surface area contributed by atoms with Crippen LogP contribution in [0.3, 0.4) is 0 Å². The first-order chi connectivity index (χ1) is 17.3. The van der Waals surface area contributed by atoms with Gasteiger partial charge in [-0.05, 0) is 55.2 Å². The lowest BCUT2D eigenvalue weighted by Crippen LogP contribution is -2.42. The molecule has 1 saturated carbocycles. The highest BCUT2D eigenvalue weighted by Gasteiger charge is 2.51. The van der Waals surface area contributed by atoms with Crippen LogP contribution in [0.15, 0.2) is 36.7 Å². The van der Waals surface area contributed by atoms with Crippen molar-refractivity contribution in [1.29, 1.82) is 0 Å². The topological polar surface area (TPSA) is 114 Å². The lowest BCUT2D eigenvalue weighted by atomic mass is 9.65. The van der Waals surface area contributed by atoms with E-state index in [2.05, 4.69) is 22.3 Å². The zero-order valence-corrected chi connectivity index (χ0v) is 21.2. The molecule has 4 N–H and O–H groups in total. The Morgan fingerprint density at radius 1 is 1.42 bits per heavy atom. The molecule has 1 unspecified atom stereocenters. The molecule has 1 aliphatic carbocycles. The van der Waals surface area contributed by atoms with Crippen molar-refractivity contribution in [3.05, 3.63) is 52.8 Å². The highest BCUT2D eigenvalue weighted by atomic mass is 35.5. The maximum Gasteiger partial charge on any atom is 0.298 e. The Balaban J connectivity index is 1.38. The maximum atomic E-state index is 12.2. The van der Waals surface area contributed by atoms with Gasteiger partial charge in [0.05, 0.1) is 24.3 Å². The number of aromatic nitrogens is 4. The van der Waals surface area contributed by atoms with Crippen LogP contribution in [0.25, 0.3) is 11.3 Å². The molecule has 2 aromatic heterocycles. The minimum Gasteiger partial charge on any atom is -0.374 e. The summed E-state index contributed by atoms with van der Waals surface area (Å²) >= 11 is 6.12. The van der Waals surface area contributed by atoms with Crippen molar-refractivity contribution in [3.63, 3.8) is 0 Å². The first kappa shape index (κ1) is 24.4. The predicted octanol–water partition coefficient (Wildman–Crippen LogP) is 3.02. The van der Waals surface area contributed by atoms with Gasteiger partial charge in [-0.1, -0.05) is 29.7 Å². The first-order valence-corrected chi connectivity index (χ1v) is 12.4. The Hall–Kier alpha value is -3.32. The van der Waals surface area contributed by atoms with Crippen LogP contribution in [0.4, 0.5) is 5.82 Å². The van der Waals surface area contributed by atoms with Crippen LogP contribution in [0.2, 0.25) is 5.02 Å². The number of anilines is 1. The number of aliphatic hydroxyl groups excluding tert-OH is 1. The predicted molar refractivity (Wildman–Crippen MR) is 138 cm³/mol. The third kappa shape index (κ3) is 4.48. The summed E-state index contributed by atoms with van der Waals surface area (Å²) in [5, 5.41) is 23.7. The molecule has 3 aromatic rings. The molecule has 2 aliphatic rings. The van der Waals surface area contributed by atoms with Crippen molar-refractivity contribution in [3.8, 4) is 23.1 Å². The number of nitrogens with one attached hydrogen (secondary N) is 1. The summed E-state index contributed by atoms with van der Waals surface area (Å²) in [6.07, 6.45) is 5.21. The molecule has 0 bridgehead atoms. The molecule has 1 aromatic carbocycles. The van der Waals surface area contributed by atoms with E-state index in [-0.39, 0.29) is 17.4 Å². The zero-order valence-electron chi connectivity index (χ0n) is 20.4. The highest BCUT2D eigenvalue weighted by Crippen LogP contribution is 2.55. The molecule has 10 heteroatoms. The molecule has 1 amide bonds. The van der Waals surface area contributed by atoms with E-state index in [4.69, 9.17) is 22.4 Å². The average molecular weight is 508 g/mol. The second kappa shape index (κ2) is 9.62. The number of halogens is 1. The van der Waals surface area contributed by atoms with Crippen LogP contribution in [0.5, 0.6) is 0 Å². The third-order valence-corrected chi connectivity index (χ3v) is 7.50. The number of amides is 1. The van der Waals surface area contributed by atoms with E-state index in [1.54, 1.807) is 20.2 Å². The van der Waals surface area contributed by atoms with Gasteiger partial charge >= 0.3 is 0 Å². The Morgan fingerprint density at radius 3 is 2.92 bits per heavy atom. The van der Waals surface area contributed by atoms with Gasteiger partial charge in [-0.2, -0.15) is 10.2 Å². The van der Waals surface area contributed by atoms with E-state index in [0.29, 0.717) is 28.6 Å². The van der Waals surface area contributed by atoms with Crippen molar-refractivity contribution < 1.29 is 9.90 Å². The second-order valence-electron chi connectivity index (χ2n) is 9.72. The molecule has 5 rings (SSSR count). The van der Waals surface area contributed by atoms with Gasteiger partial charge in [0, 0.05) is 36.9 Å². The molecule has 36 heavy (non-hydrogen) atoms. The number of hydrogen-bond acceptors (Lipinski definition) is 6. The van der Waals surface area contributed by atoms with Crippen LogP contribution < -0.4 is 11.1 Å². The first-order valence-electron chi connectivity index (χ1n) is 12.1. The number of nitrogens with two attached hydrogens (primary N) is 1. The van der Waals surface area contributed by atoms with Gasteiger partial charge in [-0.25, -0.2) is 4.68 Å². The summed E-state index contributed by atoms with van der Waals surface area (Å²) in [5.41, 5.74) is 9.06. The van der Waals surface area contributed by atoms with Gasteiger partial charge in [0.25, 0.3) is 5.91 Å². The monoisotopic (exact) mass is 507 g/mol. The number of aliphatic hydroxyl groups is 1. The Kier molecular flexibility index (Phi) is 6.51. The van der Waals surface area contributed by atoms with Gasteiger partial charge in [0.2, 0.25) is 0 Å². The molecular formula is C26H30ClN7O2. The summed E-state index contributed by atoms with van der Waals surface area (Å²) in [6.45, 7) is 3.70. The smallest absolute Gasteiger partial charge is 0.298 e. The number of likely N-dealkylation sites (tertiary alicyclic amines) is 1. The number of carbonyl (C=O) groups excluding carboxylic acids is 1. The van der Waals surface area contributed by atoms with Crippen molar-refractivity contribution in [2.75, 3.05) is 25.5 Å². The molecule has 1 atom stereocenters. The summed E-state index contributed by atoms with van der Waals surface area (Å²) in [6, 6.07) is 7.80. The molecule has 2 fully saturated rings. The fraction of sp³-hybridized carbons (Fsp3) is 0.423. The normalized spacial score (nSPS) is 21.7. The van der Waals surface area contributed by atoms with E-state index < -0.39 is 6.23 Å². The van der Waals surface area contributed by atoms with E-state index >= 15 is 0 Å². The molecule has 3 heterocycles. The van der Waals surface area contributed by atoms with Crippen LogP contribution >= 0.6 is 11.6 Å². The van der Waals surface area contributed by atoms with Crippen molar-refractivity contribution in [1.82, 2.24) is 24.5 Å². The van der Waals surface area contributed by atoms with Crippen LogP contribution in [-0.4, -0.2) is 55.6 Å². The number of nitrogens with zero attached hydrogens (tertiary/aromatic N) is 5. The van der Waals surface area contributed by atoms with E-state index in [1.165, 1.54) is 0 Å². The molecule has 188 valence electrons. The quantitative estimate of drug-likeness (QED) is 0.349. The van der Waals surface area contributed by atoms with Crippen LogP contribution in [0, 0.1) is 17.3 Å². The summed E-state index contributed by atoms with van der Waals surface area (Å²) < 4.78 is 3.75. The van der Waals surface area contributed by atoms with Crippen LogP contribution in [-0.2, 0) is 11.3 Å². The van der Waals surface area contributed by atoms with E-state index in [1.807, 2.05) is 44.7 Å². The fourth-order valence-corrected chi connectivity index (χ4v) is 5.80. The van der Waals surface area contributed by atoms with Gasteiger partial charge in [-0.3, -0.25) is 9.48 Å². The summed E-state index contributed by atoms with van der Waals surface area (Å²) in [5.74, 6) is 5.95. The lowest BCUT2D eigenvalue weighted by Gasteiger charge is -2.45. The minimum absolute atomic E-state index is 0.0935. The van der Waals surface area contributed by atoms with Gasteiger partial charge < -0.3 is 21.1 Å². The summed E-state index contributed by atoms with van der Waals surface area (Å²) in [7, 11) is 1.81. The number of hydrogen-bond donors (Lipinski definition) is 3. The molecule has 9 nitrogen and oxygen atoms in total. The Labute approximate surface area is 215 Å². The molecular weight excluding hydrogens is 478 g/mol. The third-order valence-electron chi connectivity index (χ3n) is 7.26. The fourth-order valence-electron chi connectivity index (χ4n) is 5.59. The molecule has 1 aliphatic heterocycles. The molecule has 0 radical (unpaired) electrons. The summed E-state index contributed by atoms with van der Waals surface area (Å²) in [4.78, 5) is 14.1. The molecule has 1 spiro atoms. The van der Waals surface area contributed by atoms with E-state index in [0.717, 1.165) is 43.5 Å². The average Bonchev–Trinajstić information content (AvgIpc) is 3.54. The molecule has 1 saturated heterocycles. The zero-order chi connectivity index (χ0) is 25.4. The highest BCUT2D eigenvalue weighted by molar-refractivity contribution is 6.30. The minimum atomic E-state index is -1.20. The van der Waals surface area contributed by atoms with Crippen LogP contribution in [0.1, 0.15) is 49.6 Å². The largest absolute Gasteiger partial charge is 0.374 e. The Bertz CT molecular complexity index is 1340. The van der Waals surface area contributed by atoms with Crippen molar-refractivity contribution >= 4 is 23.3 Å². The second-order valence-corrected chi connectivity index (χ2v) is 10.2. The van der Waals surface area contributed by atoms with Gasteiger partial charge in [0.1, 0.15) is 17.7 Å². The number of rotatable bonds is 6.